The van der Waals surface area contributed by atoms with Gasteiger partial charge in [-0.2, -0.15) is 9.97 Å². The third-order valence-electron chi connectivity index (χ3n) is 26.8. The number of likely N-dealkylation sites (N-methyl/N-ethyl adjacent to an activating group) is 1. The molecule has 4 saturated heterocycles. The fourth-order valence-corrected chi connectivity index (χ4v) is 22.0. The molecule has 0 aliphatic carbocycles. The summed E-state index contributed by atoms with van der Waals surface area (Å²) in [6.45, 7) is -5.65. The molecule has 4 fully saturated rings. The smallest absolute Gasteiger partial charge is 0.472 e. The minimum absolute atomic E-state index is 0.0166. The van der Waals surface area contributed by atoms with Crippen LogP contribution in [0.1, 0.15) is 227 Å². The van der Waals surface area contributed by atoms with Gasteiger partial charge in [0.2, 0.25) is 29.6 Å². The number of ether oxygens (including phenoxy) is 5. The molecular weight excluding hydrogens is 2020 g/mol. The number of aliphatic hydroxyl groups is 1. The highest BCUT2D eigenvalue weighted by molar-refractivity contribution is 7.48. The van der Waals surface area contributed by atoms with Crippen LogP contribution in [0.25, 0.3) is 22.1 Å². The van der Waals surface area contributed by atoms with Gasteiger partial charge >= 0.3 is 40.8 Å². The number of aromatic nitrogens is 10. The number of carboxylic acid groups (broad SMARTS) is 1. The van der Waals surface area contributed by atoms with Crippen molar-refractivity contribution in [2.45, 2.75) is 254 Å². The van der Waals surface area contributed by atoms with E-state index in [0.29, 0.717) is 49.2 Å². The third kappa shape index (κ3) is 30.4. The van der Waals surface area contributed by atoms with Crippen molar-refractivity contribution in [2.75, 3.05) is 117 Å². The molecule has 812 valence electrons. The summed E-state index contributed by atoms with van der Waals surface area (Å²) in [5.41, 5.74) is 15.4. The summed E-state index contributed by atoms with van der Waals surface area (Å²) in [6, 6.07) is 8.49. The van der Waals surface area contributed by atoms with Crippen LogP contribution in [0.15, 0.2) is 80.6 Å². The van der Waals surface area contributed by atoms with Gasteiger partial charge in [0.1, 0.15) is 130 Å². The number of phosphoric acid groups is 3. The number of aromatic amines is 2. The Kier molecular flexibility index (Phi) is 39.7. The van der Waals surface area contributed by atoms with E-state index < -0.39 is 271 Å². The van der Waals surface area contributed by atoms with Crippen LogP contribution in [0.3, 0.4) is 0 Å². The van der Waals surface area contributed by atoms with Gasteiger partial charge in [-0.3, -0.25) is 99.2 Å². The molecule has 4 amide bonds. The number of aliphatic hydroxyl groups excluding tert-OH is 1. The van der Waals surface area contributed by atoms with E-state index in [4.69, 9.17) is 87.4 Å². The maximum atomic E-state index is 16.9. The van der Waals surface area contributed by atoms with Crippen molar-refractivity contribution in [1.82, 2.24) is 73.3 Å². The summed E-state index contributed by atoms with van der Waals surface area (Å²) in [5, 5.41) is 26.0. The molecule has 1 aromatic carbocycles. The lowest BCUT2D eigenvalue weighted by atomic mass is 9.81. The first-order valence-electron chi connectivity index (χ1n) is 50.3. The van der Waals surface area contributed by atoms with E-state index in [9.17, 15) is 53.4 Å². The molecule has 53 heteroatoms. The number of aliphatic carboxylic acids is 1. The van der Waals surface area contributed by atoms with Gasteiger partial charge in [0.25, 0.3) is 11.1 Å². The van der Waals surface area contributed by atoms with Crippen molar-refractivity contribution in [2.24, 2.45) is 17.8 Å². The molecule has 0 saturated carbocycles. The summed E-state index contributed by atoms with van der Waals surface area (Å²) in [4.78, 5) is 220. The Morgan fingerprint density at radius 2 is 0.967 bits per heavy atom. The number of nitrogens with one attached hydrogen (secondary N) is 2. The molecule has 15 rings (SSSR count). The standard InChI is InChI=1S/C97H127N18O32P3/c1-4-5-37-112-78(117)36-35-64-46-69-45-63-30-22-17-15-13-11-9-7-6-8-10-12-14-16-18-23-40-133-57-75-71(48-81(142-75)109-53-66(85-89(109)104-95(100)105-91(85)121)32-25-43-137-115(92(63)122)56-83(118)119)145-149(129,130)139-59-76-72(49-80(143-76)108-52-65(84-87(99)101-61-102-88(84)108)31-24-42-135-113(94(69)124)39-38-107(2)3)146-150(131,132)140-60-77-73(147-148(127,128)138-58-74-70(116)47-79(141-74)111-55-68(34-27-41-134-112)90(120)106-97(111)126)50-82(144-77)110-54-67(86(98)103-96(110)125)33-26-44-136-114(93(64)123)51-62-28-20-19-21-29-62/h19-21,28-29,52-55,61,63-64,69-77,79-82,116H,4-18,22-23,30,35-51,56-60H2,1-3H3,(H,118,119)(H,127,128)(H,129,130)(H,131,132)(H2,98,103,125)(H2,99,101,102)(H,106,120,126)(H3,100,104,105,121)/t63?,64?,69?,70?,71-,72-,73-,74-,75-,76-,77-,79-,80-,81-,82-/m0/s1. The predicted molar refractivity (Wildman–Crippen MR) is 531 cm³/mol. The zero-order valence-electron chi connectivity index (χ0n) is 83.4. The second kappa shape index (κ2) is 52.8. The molecule has 22 bridgehead atoms. The molecule has 7 unspecified atom stereocenters. The normalized spacial score (nSPS) is 29.1. The molecule has 8 aliphatic heterocycles. The number of hydrogen-bond donors (Lipinski definition) is 10. The quantitative estimate of drug-likeness (QED) is 0.0512. The Morgan fingerprint density at radius 3 is 1.55 bits per heavy atom. The molecule has 0 radical (unpaired) electrons. The average Bonchev–Trinajstić information content (AvgIpc) is 1.61. The first-order valence-corrected chi connectivity index (χ1v) is 54.8. The number of fused-ring (bicyclic) bond motifs is 31. The third-order valence-corrected chi connectivity index (χ3v) is 29.8. The first kappa shape index (κ1) is 113. The van der Waals surface area contributed by atoms with Crippen LogP contribution in [0, 0.1) is 65.1 Å². The number of H-pyrrole nitrogens is 2. The fourth-order valence-electron chi connectivity index (χ4n) is 19.1. The van der Waals surface area contributed by atoms with Gasteiger partial charge in [0.05, 0.1) is 73.1 Å². The maximum absolute atomic E-state index is 16.9. The molecule has 6 aromatic heterocycles. The largest absolute Gasteiger partial charge is 0.480 e. The summed E-state index contributed by atoms with van der Waals surface area (Å²) < 4.78 is 116. The second-order valence-electron chi connectivity index (χ2n) is 38.0. The minimum Gasteiger partial charge on any atom is -0.480 e. The molecule has 7 aromatic rings. The van der Waals surface area contributed by atoms with Gasteiger partial charge in [-0.1, -0.05) is 181 Å². The molecule has 8 aliphatic rings. The van der Waals surface area contributed by atoms with Crippen molar-refractivity contribution in [3.05, 3.63) is 131 Å². The number of carbonyl (C=O) groups is 5. The molecule has 150 heavy (non-hydrogen) atoms. The lowest BCUT2D eigenvalue weighted by Crippen LogP contribution is -2.45. The van der Waals surface area contributed by atoms with E-state index in [-0.39, 0.29) is 108 Å². The lowest BCUT2D eigenvalue weighted by molar-refractivity contribution is -0.196. The number of hydroxylamine groups is 8. The number of rotatable bonds is 10. The van der Waals surface area contributed by atoms with E-state index in [1.165, 1.54) is 21.5 Å². The number of anilines is 3. The second-order valence-corrected chi connectivity index (χ2v) is 42.2. The van der Waals surface area contributed by atoms with Crippen molar-refractivity contribution in [3.63, 3.8) is 0 Å². The number of nitrogen functional groups attached to an aromatic ring is 3. The van der Waals surface area contributed by atoms with Gasteiger partial charge in [-0.15, -0.1) is 0 Å². The van der Waals surface area contributed by atoms with E-state index in [0.717, 1.165) is 114 Å². The van der Waals surface area contributed by atoms with Gasteiger partial charge in [0, 0.05) is 94.3 Å². The van der Waals surface area contributed by atoms with Gasteiger partial charge in [-0.25, -0.2) is 53.5 Å². The Bertz CT molecular complexity index is 6620. The number of phosphoric ester groups is 3. The van der Waals surface area contributed by atoms with E-state index in [1.807, 2.05) is 6.92 Å². The summed E-state index contributed by atoms with van der Waals surface area (Å²) in [6.07, 6.45) is -2.83. The van der Waals surface area contributed by atoms with Crippen LogP contribution in [-0.2, 0) is 114 Å². The number of carboxylic acids is 1. The van der Waals surface area contributed by atoms with Crippen molar-refractivity contribution in [1.29, 1.82) is 0 Å². The Labute approximate surface area is 861 Å². The van der Waals surface area contributed by atoms with Crippen molar-refractivity contribution < 1.29 is 133 Å². The van der Waals surface area contributed by atoms with Crippen LogP contribution in [0.2, 0.25) is 0 Å². The SMILES string of the molecule is CCCCN1OCC#Cc2cn(c(=O)[nH]c2=O)[C@@H]2CC(O)[C@H](COP(=O)(O)O[C@H]3C[C@@H]4O[C@H]3COP(=O)(O)O[C@H]3C[C@@H]5O[C@H]3COP(=O)(O)O[C@H]3C[C@@H]6O[C@H]3COCCCCCCCCCCCCCCCCCC(CC(CC(CCC1=O)C(=O)N(Cc1ccccc1)OCC#Cc1cn4c(=O)nc1N)C(=O)N(CCN(C)C)OCC#Cc1cn5c3ncnc(N)c13)C(=O)N(CC(=O)O)OCC#Cc1cn6c3nc(N)[nH]c(=O)c13)O2. The van der Waals surface area contributed by atoms with Crippen LogP contribution in [0.5, 0.6) is 0 Å². The van der Waals surface area contributed by atoms with Gasteiger partial charge in [-0.05, 0) is 58.2 Å². The highest BCUT2D eigenvalue weighted by atomic mass is 31.2. The van der Waals surface area contributed by atoms with Crippen LogP contribution >= 0.6 is 23.5 Å². The number of unbranched alkanes of at least 4 members (excludes halogenated alkanes) is 1. The molecule has 50 nitrogen and oxygen atoms in total. The average molecular weight is 2150 g/mol. The zero-order chi connectivity index (χ0) is 106. The van der Waals surface area contributed by atoms with E-state index in [2.05, 4.69) is 77.3 Å². The number of benzene rings is 1. The lowest BCUT2D eigenvalue weighted by Gasteiger charge is -2.33. The van der Waals surface area contributed by atoms with Crippen LogP contribution < -0.4 is 39.7 Å². The van der Waals surface area contributed by atoms with Crippen LogP contribution in [-0.4, -0.2) is 276 Å². The Balaban J connectivity index is 0.922. The molecule has 13 N–H and O–H groups in total. The summed E-state index contributed by atoms with van der Waals surface area (Å²) >= 11 is 0. The molecular formula is C97H127N18O32P3. The van der Waals surface area contributed by atoms with Gasteiger partial charge in [0.15, 0.2) is 5.65 Å². The molecule has 0 spiro atoms. The minimum atomic E-state index is -5.70. The number of hydrogen-bond acceptors (Lipinski definition) is 36. The Hall–Kier alpha value is -11.3. The van der Waals surface area contributed by atoms with Crippen molar-refractivity contribution >= 4 is 92.7 Å². The number of carbonyl (C=O) groups excluding carboxylic acids is 4. The fraction of sp³-hybridized carbons (Fsp3) is 0.598. The maximum Gasteiger partial charge on any atom is 0.472 e. The number of nitrogens with zero attached hydrogens (tertiary/aromatic N) is 13. The molecule has 18 atom stereocenters. The van der Waals surface area contributed by atoms with E-state index in [1.54, 1.807) is 49.3 Å². The highest BCUT2D eigenvalue weighted by Gasteiger charge is 2.50. The van der Waals surface area contributed by atoms with Crippen LogP contribution in [0.4, 0.5) is 17.6 Å². The molecule has 14 heterocycles. The number of amides is 4. The summed E-state index contributed by atoms with van der Waals surface area (Å²) in [7, 11) is -13.3. The Morgan fingerprint density at radius 1 is 0.487 bits per heavy atom. The predicted octanol–water partition coefficient (Wildman–Crippen LogP) is 6.56. The summed E-state index contributed by atoms with van der Waals surface area (Å²) in [5.74, 6) is 12.3. The van der Waals surface area contributed by atoms with Gasteiger partial charge < -0.3 is 79.8 Å². The van der Waals surface area contributed by atoms with E-state index >= 15 is 28.3 Å². The zero-order valence-corrected chi connectivity index (χ0v) is 86.0. The topological polar surface area (TPSA) is 642 Å². The number of nitrogens with two attached hydrogens (primary N) is 3. The monoisotopic (exact) mass is 2150 g/mol. The first-order chi connectivity index (χ1) is 72.1. The highest BCUT2D eigenvalue weighted by Crippen LogP contribution is 2.55. The van der Waals surface area contributed by atoms with Crippen molar-refractivity contribution in [3.8, 4) is 47.4 Å².